The molecule has 0 aromatic heterocycles. The first kappa shape index (κ1) is 50.2. The highest BCUT2D eigenvalue weighted by Crippen LogP contribution is 2.58. The van der Waals surface area contributed by atoms with Gasteiger partial charge in [0.2, 0.25) is 0 Å². The Labute approximate surface area is 353 Å². The summed E-state index contributed by atoms with van der Waals surface area (Å²) in [7, 11) is 0. The van der Waals surface area contributed by atoms with Gasteiger partial charge in [-0.2, -0.15) is 43.9 Å². The highest BCUT2D eigenvalue weighted by Gasteiger charge is 2.45. The molecular weight excluding hydrogens is 875 g/mol. The number of carbonyl (C=O) groups is 1. The molecule has 2 heterocycles. The lowest BCUT2D eigenvalue weighted by Gasteiger charge is -2.41. The molecule has 1 N–H and O–H groups in total. The molecule has 2 saturated heterocycles. The number of hydrogen-bond acceptors (Lipinski definition) is 8. The van der Waals surface area contributed by atoms with Crippen molar-refractivity contribution in [3.05, 3.63) is 129 Å². The van der Waals surface area contributed by atoms with Crippen LogP contribution in [0.25, 0.3) is 0 Å². The van der Waals surface area contributed by atoms with Crippen LogP contribution in [-0.2, 0) is 16.4 Å². The molecule has 4 aromatic carbocycles. The molecule has 0 bridgehead atoms. The molecule has 6 rings (SSSR count). The third-order valence-electron chi connectivity index (χ3n) is 8.47. The average Bonchev–Trinajstić information content (AvgIpc) is 3.19. The molecule has 2 fully saturated rings. The van der Waals surface area contributed by atoms with Gasteiger partial charge in [-0.25, -0.2) is 0 Å². The van der Waals surface area contributed by atoms with Crippen LogP contribution in [0.3, 0.4) is 0 Å². The van der Waals surface area contributed by atoms with Gasteiger partial charge in [0.05, 0.1) is 15.7 Å². The van der Waals surface area contributed by atoms with Crippen LogP contribution in [-0.4, -0.2) is 47.6 Å². The molecule has 0 radical (unpaired) electrons. The summed E-state index contributed by atoms with van der Waals surface area (Å²) in [5.41, 5.74) is 1.64. The number of aldehydes is 1. The third kappa shape index (κ3) is 14.5. The summed E-state index contributed by atoms with van der Waals surface area (Å²) in [6.45, 7) is -2.62. The monoisotopic (exact) mass is 916 g/mol. The smallest absolute Gasteiger partial charge is 0.416 e. The van der Waals surface area contributed by atoms with E-state index in [2.05, 4.69) is 9.47 Å². The molecule has 0 amide bonds. The van der Waals surface area contributed by atoms with Gasteiger partial charge in [-0.05, 0) is 132 Å². The molecule has 18 heteroatoms. The van der Waals surface area contributed by atoms with Crippen LogP contribution in [0.1, 0.15) is 80.3 Å². The van der Waals surface area contributed by atoms with Crippen molar-refractivity contribution in [3.8, 4) is 11.5 Å². The minimum Gasteiger partial charge on any atom is -0.435 e. The first-order valence-corrected chi connectivity index (χ1v) is 21.5. The van der Waals surface area contributed by atoms with Gasteiger partial charge in [0, 0.05) is 5.56 Å². The number of benzene rings is 4. The van der Waals surface area contributed by atoms with E-state index in [-0.39, 0.29) is 23.5 Å². The second-order valence-corrected chi connectivity index (χ2v) is 18.3. The summed E-state index contributed by atoms with van der Waals surface area (Å²) in [6, 6.07) is 19.3. The van der Waals surface area contributed by atoms with E-state index < -0.39 is 46.9 Å². The quantitative estimate of drug-likeness (QED) is 0.132. The molecule has 0 spiro atoms. The summed E-state index contributed by atoms with van der Waals surface area (Å²) in [6.07, 6.45) is -7.19. The van der Waals surface area contributed by atoms with E-state index >= 15 is 0 Å². The molecule has 324 valence electrons. The molecule has 0 saturated carbocycles. The number of rotatable bonds is 9. The highest BCUT2D eigenvalue weighted by molar-refractivity contribution is 8.18. The van der Waals surface area contributed by atoms with Crippen LogP contribution in [0.5, 0.6) is 11.5 Å². The second kappa shape index (κ2) is 22.6. The Morgan fingerprint density at radius 1 is 0.695 bits per heavy atom. The predicted molar refractivity (Wildman–Crippen MR) is 219 cm³/mol. The number of ether oxygens (including phenoxy) is 2. The Hall–Kier alpha value is -3.19. The van der Waals surface area contributed by atoms with Crippen LogP contribution in [0.2, 0.25) is 0 Å². The first-order valence-electron chi connectivity index (χ1n) is 17.4. The summed E-state index contributed by atoms with van der Waals surface area (Å²) >= 11 is 6.26. The Morgan fingerprint density at radius 2 is 1.20 bits per heavy atom. The number of aliphatic hydroxyl groups is 1. The lowest BCUT2D eigenvalue weighted by Crippen LogP contribution is -2.31. The standard InChI is InChI=1S/C20H19F5O2S2.C11H11F3S2.C9H8F2O2.CH4/c1-12-10-13(6-7-16(12)27-18(21)22)17(26)19(28-8-3-9-29-19)14-4-2-5-15(11-14)20(23,24)25;12-11(13,14)9-4-1-3-8(7-9)10-15-5-2-6-16-10;1-6-4-7(5-12)2-3-8(6)13-9(10)11;/h2,4-7,10-11,17-18,26H,3,8-9H2,1H3;1,3-4,7,10H,2,5-6H2;2-5,9H,1H3;1H4. The Morgan fingerprint density at radius 3 is 1.71 bits per heavy atom. The fraction of sp³-hybridized carbons (Fsp3) is 0.390. The SMILES string of the molecule is C.Cc1cc(C(O)C2(c3cccc(C(F)(F)F)c3)SCCCS2)ccc1OC(F)F.Cc1cc(C=O)ccc1OC(F)F.FC(F)(F)c1cccc(C2SCCCS2)c1. The lowest BCUT2D eigenvalue weighted by atomic mass is 9.97. The summed E-state index contributed by atoms with van der Waals surface area (Å²) in [4.78, 5) is 10.3. The molecule has 59 heavy (non-hydrogen) atoms. The maximum absolute atomic E-state index is 13.2. The van der Waals surface area contributed by atoms with Gasteiger partial charge in [-0.15, -0.1) is 47.0 Å². The Bertz CT molecular complexity index is 1930. The zero-order valence-corrected chi connectivity index (χ0v) is 34.1. The van der Waals surface area contributed by atoms with Gasteiger partial charge in [-0.1, -0.05) is 37.8 Å². The molecule has 4 aromatic rings. The van der Waals surface area contributed by atoms with Crippen molar-refractivity contribution in [2.75, 3.05) is 23.0 Å². The van der Waals surface area contributed by atoms with Crippen LogP contribution in [0.4, 0.5) is 43.9 Å². The van der Waals surface area contributed by atoms with Gasteiger partial charge >= 0.3 is 25.6 Å². The summed E-state index contributed by atoms with van der Waals surface area (Å²) in [5, 5.41) is 11.2. The molecule has 2 aliphatic heterocycles. The highest BCUT2D eigenvalue weighted by atomic mass is 32.2. The van der Waals surface area contributed by atoms with Crippen LogP contribution >= 0.6 is 47.0 Å². The fourth-order valence-electron chi connectivity index (χ4n) is 5.75. The van der Waals surface area contributed by atoms with Gasteiger partial charge in [0.1, 0.15) is 28.0 Å². The van der Waals surface area contributed by atoms with E-state index in [1.807, 2.05) is 0 Å². The van der Waals surface area contributed by atoms with Crippen molar-refractivity contribution in [2.45, 2.75) is 74.5 Å². The number of halogens is 10. The summed E-state index contributed by atoms with van der Waals surface area (Å²) in [5.74, 6) is 3.54. The van der Waals surface area contributed by atoms with E-state index in [1.54, 1.807) is 49.5 Å². The van der Waals surface area contributed by atoms with Crippen LogP contribution < -0.4 is 9.47 Å². The number of carbonyl (C=O) groups excluding carboxylic acids is 1. The average molecular weight is 917 g/mol. The van der Waals surface area contributed by atoms with Crippen molar-refractivity contribution in [1.29, 1.82) is 0 Å². The maximum atomic E-state index is 13.2. The van der Waals surface area contributed by atoms with Gasteiger partial charge in [0.15, 0.2) is 0 Å². The minimum atomic E-state index is -4.49. The number of thioether (sulfide) groups is 4. The largest absolute Gasteiger partial charge is 0.435 e. The Kier molecular flexibility index (Phi) is 19.2. The van der Waals surface area contributed by atoms with Crippen molar-refractivity contribution < 1.29 is 63.3 Å². The van der Waals surface area contributed by atoms with E-state index in [4.69, 9.17) is 0 Å². The van der Waals surface area contributed by atoms with Gasteiger partial charge < -0.3 is 14.6 Å². The normalized spacial score (nSPS) is 16.1. The van der Waals surface area contributed by atoms with E-state index in [0.717, 1.165) is 48.1 Å². The Balaban J connectivity index is 0.000000261. The summed E-state index contributed by atoms with van der Waals surface area (Å²) < 4.78 is 134. The first-order chi connectivity index (χ1) is 27.3. The van der Waals surface area contributed by atoms with E-state index in [0.29, 0.717) is 45.6 Å². The molecule has 1 unspecified atom stereocenters. The zero-order chi connectivity index (χ0) is 42.7. The lowest BCUT2D eigenvalue weighted by molar-refractivity contribution is -0.138. The predicted octanol–water partition coefficient (Wildman–Crippen LogP) is 14.0. The van der Waals surface area contributed by atoms with Gasteiger partial charge in [-0.3, -0.25) is 4.79 Å². The maximum Gasteiger partial charge on any atom is 0.416 e. The minimum absolute atomic E-state index is 0. The number of hydrogen-bond donors (Lipinski definition) is 1. The van der Waals surface area contributed by atoms with Crippen molar-refractivity contribution >= 4 is 53.3 Å². The van der Waals surface area contributed by atoms with E-state index in [1.165, 1.54) is 78.1 Å². The number of aryl methyl sites for hydroxylation is 2. The molecule has 4 nitrogen and oxygen atoms in total. The topological polar surface area (TPSA) is 55.8 Å². The van der Waals surface area contributed by atoms with Crippen LogP contribution in [0.15, 0.2) is 84.9 Å². The van der Waals surface area contributed by atoms with Crippen molar-refractivity contribution in [1.82, 2.24) is 0 Å². The van der Waals surface area contributed by atoms with E-state index in [9.17, 15) is 53.8 Å². The molecule has 0 aliphatic carbocycles. The van der Waals surface area contributed by atoms with Crippen molar-refractivity contribution in [3.63, 3.8) is 0 Å². The molecular formula is C41H42F10O4S4. The van der Waals surface area contributed by atoms with Gasteiger partial charge in [0.25, 0.3) is 0 Å². The number of aliphatic hydroxyl groups excluding tert-OH is 1. The third-order valence-corrected chi connectivity index (χ3v) is 15.0. The second-order valence-electron chi connectivity index (χ2n) is 12.7. The van der Waals surface area contributed by atoms with Crippen molar-refractivity contribution in [2.24, 2.45) is 0 Å². The molecule has 1 atom stereocenters. The fourth-order valence-corrected chi connectivity index (χ4v) is 12.0. The molecule has 2 aliphatic rings. The number of alkyl halides is 10. The zero-order valence-electron chi connectivity index (χ0n) is 30.8. The van der Waals surface area contributed by atoms with Crippen LogP contribution in [0, 0.1) is 13.8 Å².